The summed E-state index contributed by atoms with van der Waals surface area (Å²) in [5.74, 6) is -1.06. The van der Waals surface area contributed by atoms with E-state index in [1.54, 1.807) is 0 Å². The molecule has 0 spiro atoms. The summed E-state index contributed by atoms with van der Waals surface area (Å²) in [6, 6.07) is 13.8. The standard InChI is InChI=1S/C22H24N4O5/c1-15(27)23-19-10-9-18(13-20(19)24-16(2)28)21(29)25-11-6-12-26(25)22(30)31-14-17-7-4-3-5-8-17/h3-5,7-10,13H,6,11-12,14H2,1-2H3,(H,23,27)(H,24,28). The molecule has 1 fully saturated rings. The fourth-order valence-electron chi connectivity index (χ4n) is 3.22. The summed E-state index contributed by atoms with van der Waals surface area (Å²) in [7, 11) is 0. The molecule has 0 radical (unpaired) electrons. The third-order valence-corrected chi connectivity index (χ3v) is 4.57. The minimum absolute atomic E-state index is 0.107. The quantitative estimate of drug-likeness (QED) is 0.767. The van der Waals surface area contributed by atoms with E-state index in [1.165, 1.54) is 42.1 Å². The molecule has 0 saturated carbocycles. The smallest absolute Gasteiger partial charge is 0.429 e. The van der Waals surface area contributed by atoms with E-state index < -0.39 is 12.0 Å². The minimum atomic E-state index is -0.605. The number of carbonyl (C=O) groups is 4. The van der Waals surface area contributed by atoms with Gasteiger partial charge in [0.05, 0.1) is 11.4 Å². The Labute approximate surface area is 179 Å². The first kappa shape index (κ1) is 21.8. The third kappa shape index (κ3) is 5.59. The largest absolute Gasteiger partial charge is 0.443 e. The number of hydrogen-bond acceptors (Lipinski definition) is 5. The Hall–Kier alpha value is -3.88. The molecule has 4 amide bonds. The number of carbonyl (C=O) groups excluding carboxylic acids is 4. The van der Waals surface area contributed by atoms with Crippen molar-refractivity contribution in [3.63, 3.8) is 0 Å². The molecule has 3 rings (SSSR count). The summed E-state index contributed by atoms with van der Waals surface area (Å²) >= 11 is 0. The maximum atomic E-state index is 13.1. The molecule has 0 aliphatic carbocycles. The van der Waals surface area contributed by atoms with Crippen molar-refractivity contribution < 1.29 is 23.9 Å². The lowest BCUT2D eigenvalue weighted by molar-refractivity contribution is -0.115. The van der Waals surface area contributed by atoms with Gasteiger partial charge in [0.1, 0.15) is 6.61 Å². The molecule has 1 aliphatic rings. The highest BCUT2D eigenvalue weighted by molar-refractivity contribution is 6.02. The fraction of sp³-hybridized carbons (Fsp3) is 0.273. The molecule has 0 unspecified atom stereocenters. The fourth-order valence-corrected chi connectivity index (χ4v) is 3.22. The average Bonchev–Trinajstić information content (AvgIpc) is 3.23. The van der Waals surface area contributed by atoms with Gasteiger partial charge in [-0.2, -0.15) is 0 Å². The Balaban J connectivity index is 1.75. The van der Waals surface area contributed by atoms with Crippen molar-refractivity contribution in [3.05, 3.63) is 59.7 Å². The average molecular weight is 424 g/mol. The van der Waals surface area contributed by atoms with Gasteiger partial charge in [-0.05, 0) is 30.2 Å². The van der Waals surface area contributed by atoms with Gasteiger partial charge in [0.25, 0.3) is 5.91 Å². The van der Waals surface area contributed by atoms with E-state index in [-0.39, 0.29) is 24.0 Å². The van der Waals surface area contributed by atoms with E-state index in [9.17, 15) is 19.2 Å². The Morgan fingerprint density at radius 1 is 0.871 bits per heavy atom. The first-order valence-electron chi connectivity index (χ1n) is 9.84. The van der Waals surface area contributed by atoms with Gasteiger partial charge in [-0.1, -0.05) is 30.3 Å². The number of ether oxygens (including phenoxy) is 1. The highest BCUT2D eigenvalue weighted by Crippen LogP contribution is 2.26. The van der Waals surface area contributed by atoms with E-state index >= 15 is 0 Å². The van der Waals surface area contributed by atoms with Crippen LogP contribution in [0.25, 0.3) is 0 Å². The number of hydrogen-bond donors (Lipinski definition) is 2. The normalized spacial score (nSPS) is 13.0. The van der Waals surface area contributed by atoms with Gasteiger partial charge in [-0.25, -0.2) is 14.8 Å². The molecule has 9 heteroatoms. The second-order valence-electron chi connectivity index (χ2n) is 7.07. The second kappa shape index (κ2) is 9.75. The van der Waals surface area contributed by atoms with Crippen LogP contribution >= 0.6 is 0 Å². The van der Waals surface area contributed by atoms with Crippen LogP contribution in [0.1, 0.15) is 36.2 Å². The minimum Gasteiger partial charge on any atom is -0.443 e. The first-order valence-corrected chi connectivity index (χ1v) is 9.84. The van der Waals surface area contributed by atoms with Crippen LogP contribution < -0.4 is 10.6 Å². The van der Waals surface area contributed by atoms with E-state index in [2.05, 4.69) is 10.6 Å². The summed E-state index contributed by atoms with van der Waals surface area (Å²) in [6.45, 7) is 3.51. The Morgan fingerprint density at radius 3 is 2.19 bits per heavy atom. The molecule has 9 nitrogen and oxygen atoms in total. The molecule has 0 atom stereocenters. The van der Waals surface area contributed by atoms with Crippen molar-refractivity contribution >= 4 is 35.2 Å². The molecule has 162 valence electrons. The summed E-state index contributed by atoms with van der Waals surface area (Å²) in [6.07, 6.45) is 0.0148. The number of nitrogens with zero attached hydrogens (tertiary/aromatic N) is 2. The zero-order valence-corrected chi connectivity index (χ0v) is 17.4. The molecule has 0 bridgehead atoms. The second-order valence-corrected chi connectivity index (χ2v) is 7.07. The monoisotopic (exact) mass is 424 g/mol. The van der Waals surface area contributed by atoms with Crippen molar-refractivity contribution in [2.75, 3.05) is 23.7 Å². The van der Waals surface area contributed by atoms with Gasteiger partial charge in [0.2, 0.25) is 11.8 Å². The molecule has 2 aromatic carbocycles. The zero-order valence-electron chi connectivity index (χ0n) is 17.4. The summed E-state index contributed by atoms with van der Waals surface area (Å²) in [5, 5.41) is 7.83. The van der Waals surface area contributed by atoms with Crippen LogP contribution in [-0.2, 0) is 20.9 Å². The number of amides is 4. The van der Waals surface area contributed by atoms with Crippen LogP contribution in [0.15, 0.2) is 48.5 Å². The first-order chi connectivity index (χ1) is 14.8. The van der Waals surface area contributed by atoms with Gasteiger partial charge < -0.3 is 15.4 Å². The van der Waals surface area contributed by atoms with E-state index in [0.29, 0.717) is 30.9 Å². The van der Waals surface area contributed by atoms with Crippen LogP contribution in [0.5, 0.6) is 0 Å². The van der Waals surface area contributed by atoms with Gasteiger partial charge >= 0.3 is 6.09 Å². The van der Waals surface area contributed by atoms with Crippen LogP contribution in [0, 0.1) is 0 Å². The van der Waals surface area contributed by atoms with Gasteiger partial charge in [-0.3, -0.25) is 14.4 Å². The highest BCUT2D eigenvalue weighted by Gasteiger charge is 2.32. The lowest BCUT2D eigenvalue weighted by atomic mass is 10.1. The van der Waals surface area contributed by atoms with Gasteiger partial charge in [0.15, 0.2) is 0 Å². The van der Waals surface area contributed by atoms with Crippen molar-refractivity contribution in [2.45, 2.75) is 26.9 Å². The Morgan fingerprint density at radius 2 is 1.52 bits per heavy atom. The highest BCUT2D eigenvalue weighted by atomic mass is 16.6. The van der Waals surface area contributed by atoms with Gasteiger partial charge in [-0.15, -0.1) is 0 Å². The summed E-state index contributed by atoms with van der Waals surface area (Å²) < 4.78 is 5.36. The summed E-state index contributed by atoms with van der Waals surface area (Å²) in [5.41, 5.74) is 1.78. The molecule has 1 heterocycles. The number of rotatable bonds is 5. The zero-order chi connectivity index (χ0) is 22.4. The number of anilines is 2. The maximum absolute atomic E-state index is 13.1. The topological polar surface area (TPSA) is 108 Å². The van der Waals surface area contributed by atoms with E-state index in [1.807, 2.05) is 30.3 Å². The van der Waals surface area contributed by atoms with Crippen LogP contribution in [0.3, 0.4) is 0 Å². The predicted molar refractivity (Wildman–Crippen MR) is 114 cm³/mol. The molecular formula is C22H24N4O5. The summed E-state index contributed by atoms with van der Waals surface area (Å²) in [4.78, 5) is 48.6. The molecule has 31 heavy (non-hydrogen) atoms. The number of hydrazine groups is 1. The number of benzene rings is 2. The van der Waals surface area contributed by atoms with Gasteiger partial charge in [0, 0.05) is 32.5 Å². The lowest BCUT2D eigenvalue weighted by Crippen LogP contribution is -2.45. The van der Waals surface area contributed by atoms with Crippen LogP contribution in [0.4, 0.5) is 16.2 Å². The third-order valence-electron chi connectivity index (χ3n) is 4.57. The molecule has 0 aromatic heterocycles. The van der Waals surface area contributed by atoms with Crippen LogP contribution in [-0.4, -0.2) is 46.9 Å². The van der Waals surface area contributed by atoms with Crippen molar-refractivity contribution in [3.8, 4) is 0 Å². The lowest BCUT2D eigenvalue weighted by Gasteiger charge is -2.27. The van der Waals surface area contributed by atoms with Crippen molar-refractivity contribution in [1.29, 1.82) is 0 Å². The van der Waals surface area contributed by atoms with Crippen molar-refractivity contribution in [2.24, 2.45) is 0 Å². The molecular weight excluding hydrogens is 400 g/mol. The molecule has 1 saturated heterocycles. The van der Waals surface area contributed by atoms with Crippen molar-refractivity contribution in [1.82, 2.24) is 10.0 Å². The Kier molecular flexibility index (Phi) is 6.86. The van der Waals surface area contributed by atoms with E-state index in [0.717, 1.165) is 5.56 Å². The predicted octanol–water partition coefficient (Wildman–Crippen LogP) is 3.00. The molecule has 2 N–H and O–H groups in total. The Bertz CT molecular complexity index is 993. The van der Waals surface area contributed by atoms with Crippen LogP contribution in [0.2, 0.25) is 0 Å². The number of nitrogens with one attached hydrogen (secondary N) is 2. The maximum Gasteiger partial charge on any atom is 0.429 e. The SMILES string of the molecule is CC(=O)Nc1ccc(C(=O)N2CCCN2C(=O)OCc2ccccc2)cc1NC(C)=O. The van der Waals surface area contributed by atoms with E-state index in [4.69, 9.17) is 4.74 Å². The molecule has 2 aromatic rings. The molecule has 1 aliphatic heterocycles.